The topological polar surface area (TPSA) is 81.7 Å². The predicted octanol–water partition coefficient (Wildman–Crippen LogP) is 2.20. The van der Waals surface area contributed by atoms with Crippen LogP contribution in [0.5, 0.6) is 0 Å². The molecule has 0 aromatic carbocycles. The summed E-state index contributed by atoms with van der Waals surface area (Å²) in [6, 6.07) is 1.89. The molecule has 0 aliphatic heterocycles. The van der Waals surface area contributed by atoms with E-state index in [1.54, 1.807) is 0 Å². The van der Waals surface area contributed by atoms with Crippen molar-refractivity contribution < 1.29 is 0 Å². The molecule has 0 aliphatic rings. The molecule has 0 radical (unpaired) electrons. The van der Waals surface area contributed by atoms with Gasteiger partial charge in [-0.1, -0.05) is 6.92 Å². The molecule has 6 nitrogen and oxygen atoms in total. The lowest BCUT2D eigenvalue weighted by molar-refractivity contribution is 0.582. The summed E-state index contributed by atoms with van der Waals surface area (Å²) in [5, 5.41) is 7.86. The number of nitrogens with one attached hydrogen (secondary N) is 1. The second kappa shape index (κ2) is 5.90. The van der Waals surface area contributed by atoms with Crippen LogP contribution in [0.15, 0.2) is 6.07 Å². The Morgan fingerprint density at radius 3 is 2.65 bits per heavy atom. The normalized spacial score (nSPS) is 10.8. The highest BCUT2D eigenvalue weighted by Crippen LogP contribution is 2.16. The summed E-state index contributed by atoms with van der Waals surface area (Å²) >= 11 is 0. The van der Waals surface area contributed by atoms with Gasteiger partial charge in [0.05, 0.1) is 5.69 Å². The highest BCUT2D eigenvalue weighted by molar-refractivity contribution is 5.41. The summed E-state index contributed by atoms with van der Waals surface area (Å²) < 4.78 is 2.06. The zero-order chi connectivity index (χ0) is 14.7. The molecule has 0 spiro atoms. The van der Waals surface area contributed by atoms with Gasteiger partial charge in [-0.25, -0.2) is 4.98 Å². The summed E-state index contributed by atoms with van der Waals surface area (Å²) in [7, 11) is 0. The Kier molecular flexibility index (Phi) is 4.22. The van der Waals surface area contributed by atoms with E-state index in [2.05, 4.69) is 38.9 Å². The van der Waals surface area contributed by atoms with Crippen molar-refractivity contribution in [3.8, 4) is 0 Å². The van der Waals surface area contributed by atoms with Crippen LogP contribution in [0.4, 0.5) is 11.8 Å². The maximum absolute atomic E-state index is 5.65. The molecular formula is C14H22N6. The standard InChI is InChI=1S/C14H22N6/c1-5-6-20-11(4)12(10(3)19-20)8-16-13-7-9(2)17-14(15)18-13/h7H,5-6,8H2,1-4H3,(H3,15,16,17,18). The van der Waals surface area contributed by atoms with Crippen molar-refractivity contribution in [1.29, 1.82) is 0 Å². The van der Waals surface area contributed by atoms with E-state index in [-0.39, 0.29) is 0 Å². The number of nitrogens with zero attached hydrogens (tertiary/aromatic N) is 4. The van der Waals surface area contributed by atoms with Gasteiger partial charge in [-0.2, -0.15) is 10.1 Å². The second-order valence-electron chi connectivity index (χ2n) is 4.98. The highest BCUT2D eigenvalue weighted by Gasteiger charge is 2.11. The number of aryl methyl sites for hydroxylation is 3. The monoisotopic (exact) mass is 274 g/mol. The van der Waals surface area contributed by atoms with E-state index < -0.39 is 0 Å². The van der Waals surface area contributed by atoms with Crippen molar-refractivity contribution in [2.45, 2.75) is 47.2 Å². The van der Waals surface area contributed by atoms with Crippen molar-refractivity contribution in [3.05, 3.63) is 28.7 Å². The number of rotatable bonds is 5. The van der Waals surface area contributed by atoms with Crippen molar-refractivity contribution in [3.63, 3.8) is 0 Å². The van der Waals surface area contributed by atoms with Crippen LogP contribution < -0.4 is 11.1 Å². The number of anilines is 2. The zero-order valence-corrected chi connectivity index (χ0v) is 12.6. The number of aromatic nitrogens is 4. The van der Waals surface area contributed by atoms with Gasteiger partial charge < -0.3 is 11.1 Å². The predicted molar refractivity (Wildman–Crippen MR) is 80.5 cm³/mol. The van der Waals surface area contributed by atoms with Crippen molar-refractivity contribution in [1.82, 2.24) is 19.7 Å². The van der Waals surface area contributed by atoms with Crippen LogP contribution in [0.1, 0.15) is 36.0 Å². The summed E-state index contributed by atoms with van der Waals surface area (Å²) in [5.74, 6) is 1.04. The molecule has 0 saturated heterocycles. The van der Waals surface area contributed by atoms with Gasteiger partial charge in [-0.15, -0.1) is 0 Å². The van der Waals surface area contributed by atoms with Gasteiger partial charge in [0.2, 0.25) is 5.95 Å². The minimum atomic E-state index is 0.294. The molecule has 0 atom stereocenters. The van der Waals surface area contributed by atoms with E-state index in [4.69, 9.17) is 5.73 Å². The van der Waals surface area contributed by atoms with Crippen molar-refractivity contribution in [2.24, 2.45) is 0 Å². The first-order valence-electron chi connectivity index (χ1n) is 6.89. The van der Waals surface area contributed by atoms with E-state index in [0.29, 0.717) is 12.5 Å². The largest absolute Gasteiger partial charge is 0.368 e. The van der Waals surface area contributed by atoms with Crippen LogP contribution >= 0.6 is 0 Å². The molecule has 2 aromatic rings. The summed E-state index contributed by atoms with van der Waals surface area (Å²) in [5.41, 5.74) is 9.99. The highest BCUT2D eigenvalue weighted by atomic mass is 15.3. The molecule has 108 valence electrons. The molecule has 2 aromatic heterocycles. The maximum Gasteiger partial charge on any atom is 0.222 e. The lowest BCUT2D eigenvalue weighted by Crippen LogP contribution is -2.07. The van der Waals surface area contributed by atoms with Gasteiger partial charge in [-0.05, 0) is 27.2 Å². The van der Waals surface area contributed by atoms with Gasteiger partial charge in [-0.3, -0.25) is 4.68 Å². The molecule has 2 heterocycles. The number of hydrogen-bond donors (Lipinski definition) is 2. The average Bonchev–Trinajstić information content (AvgIpc) is 2.62. The van der Waals surface area contributed by atoms with E-state index >= 15 is 0 Å². The van der Waals surface area contributed by atoms with Crippen LogP contribution in [0, 0.1) is 20.8 Å². The minimum Gasteiger partial charge on any atom is -0.368 e. The summed E-state index contributed by atoms with van der Waals surface area (Å²) in [6.07, 6.45) is 1.08. The third-order valence-electron chi connectivity index (χ3n) is 3.28. The Labute approximate surface area is 119 Å². The van der Waals surface area contributed by atoms with Gasteiger partial charge in [0.15, 0.2) is 0 Å². The summed E-state index contributed by atoms with van der Waals surface area (Å²) in [4.78, 5) is 8.24. The quantitative estimate of drug-likeness (QED) is 0.873. The second-order valence-corrected chi connectivity index (χ2v) is 4.98. The first-order valence-corrected chi connectivity index (χ1v) is 6.89. The third kappa shape index (κ3) is 3.07. The fourth-order valence-electron chi connectivity index (χ4n) is 2.28. The van der Waals surface area contributed by atoms with Crippen LogP contribution in [0.25, 0.3) is 0 Å². The molecule has 6 heteroatoms. The fraction of sp³-hybridized carbons (Fsp3) is 0.500. The van der Waals surface area contributed by atoms with Crippen LogP contribution in [-0.2, 0) is 13.1 Å². The molecule has 0 unspecified atom stereocenters. The first kappa shape index (κ1) is 14.3. The number of nitrogen functional groups attached to an aromatic ring is 1. The molecular weight excluding hydrogens is 252 g/mol. The van der Waals surface area contributed by atoms with E-state index in [9.17, 15) is 0 Å². The van der Waals surface area contributed by atoms with Crippen molar-refractivity contribution >= 4 is 11.8 Å². The average molecular weight is 274 g/mol. The van der Waals surface area contributed by atoms with Gasteiger partial charge in [0, 0.05) is 36.1 Å². The molecule has 0 saturated carbocycles. The van der Waals surface area contributed by atoms with E-state index in [0.717, 1.165) is 30.2 Å². The van der Waals surface area contributed by atoms with Crippen LogP contribution in [0.3, 0.4) is 0 Å². The maximum atomic E-state index is 5.65. The van der Waals surface area contributed by atoms with Crippen LogP contribution in [0.2, 0.25) is 0 Å². The third-order valence-corrected chi connectivity index (χ3v) is 3.28. The number of hydrogen-bond acceptors (Lipinski definition) is 5. The first-order chi connectivity index (χ1) is 9.51. The lowest BCUT2D eigenvalue weighted by atomic mass is 10.2. The van der Waals surface area contributed by atoms with Crippen molar-refractivity contribution in [2.75, 3.05) is 11.1 Å². The van der Waals surface area contributed by atoms with E-state index in [1.807, 2.05) is 19.9 Å². The van der Waals surface area contributed by atoms with Gasteiger partial charge in [0.1, 0.15) is 5.82 Å². The fourth-order valence-corrected chi connectivity index (χ4v) is 2.28. The van der Waals surface area contributed by atoms with Gasteiger partial charge in [0.25, 0.3) is 0 Å². The van der Waals surface area contributed by atoms with Crippen LogP contribution in [-0.4, -0.2) is 19.7 Å². The Hall–Kier alpha value is -2.11. The van der Waals surface area contributed by atoms with Gasteiger partial charge >= 0.3 is 0 Å². The lowest BCUT2D eigenvalue weighted by Gasteiger charge is -2.08. The number of nitrogens with two attached hydrogens (primary N) is 1. The molecule has 0 bridgehead atoms. The summed E-state index contributed by atoms with van der Waals surface area (Å²) in [6.45, 7) is 9.84. The Bertz CT molecular complexity index is 582. The zero-order valence-electron chi connectivity index (χ0n) is 12.6. The Morgan fingerprint density at radius 2 is 2.00 bits per heavy atom. The smallest absolute Gasteiger partial charge is 0.222 e. The molecule has 3 N–H and O–H groups in total. The molecule has 20 heavy (non-hydrogen) atoms. The molecule has 2 rings (SSSR count). The SMILES string of the molecule is CCCn1nc(C)c(CNc2cc(C)nc(N)n2)c1C. The molecule has 0 fully saturated rings. The Balaban J connectivity index is 2.14. The molecule has 0 aliphatic carbocycles. The minimum absolute atomic E-state index is 0.294. The van der Waals surface area contributed by atoms with E-state index in [1.165, 1.54) is 11.3 Å². The molecule has 0 amide bonds. The Morgan fingerprint density at radius 1 is 1.25 bits per heavy atom.